The smallest absolute Gasteiger partial charge is 0.289 e. The van der Waals surface area contributed by atoms with Gasteiger partial charge in [-0.15, -0.1) is 0 Å². The van der Waals surface area contributed by atoms with Crippen LogP contribution in [0, 0.1) is 23.7 Å². The standard InChI is InChI=1S/C15H23F3N2O/c16-15(17,18)13-11-6-4-10(5-7-11)12(13)14(21)19-20-8-2-1-3-9-20/h10-13H,1-9H2,(H,19,21)/t10?,11?,12-,13-/m0/s1. The number of nitrogens with zero attached hydrogens (tertiary/aromatic N) is 1. The van der Waals surface area contributed by atoms with E-state index in [0.717, 1.165) is 45.2 Å². The third kappa shape index (κ3) is 3.05. The van der Waals surface area contributed by atoms with E-state index in [9.17, 15) is 18.0 Å². The second kappa shape index (κ2) is 5.78. The minimum Gasteiger partial charge on any atom is -0.289 e. The summed E-state index contributed by atoms with van der Waals surface area (Å²) in [7, 11) is 0. The number of piperidine rings is 1. The van der Waals surface area contributed by atoms with Crippen LogP contribution in [0.15, 0.2) is 0 Å². The zero-order valence-corrected chi connectivity index (χ0v) is 12.2. The zero-order valence-electron chi connectivity index (χ0n) is 12.2. The SMILES string of the molecule is O=C(NN1CCCCC1)[C@H]1C2CCC(CC2)[C@@H]1C(F)(F)F. The van der Waals surface area contributed by atoms with E-state index in [0.29, 0.717) is 12.8 Å². The van der Waals surface area contributed by atoms with Gasteiger partial charge in [0, 0.05) is 13.1 Å². The summed E-state index contributed by atoms with van der Waals surface area (Å²) < 4.78 is 40.2. The average Bonchev–Trinajstić information content (AvgIpc) is 2.47. The summed E-state index contributed by atoms with van der Waals surface area (Å²) in [5.41, 5.74) is 2.77. The van der Waals surface area contributed by atoms with Crippen molar-refractivity contribution >= 4 is 5.91 Å². The molecule has 0 aromatic rings. The molecule has 2 bridgehead atoms. The van der Waals surface area contributed by atoms with Crippen LogP contribution in [0.5, 0.6) is 0 Å². The Labute approximate surface area is 123 Å². The molecule has 2 atom stereocenters. The lowest BCUT2D eigenvalue weighted by atomic mass is 9.58. The molecule has 4 aliphatic rings. The molecule has 3 aliphatic carbocycles. The number of carbonyl (C=O) groups is 1. The summed E-state index contributed by atoms with van der Waals surface area (Å²) >= 11 is 0. The molecule has 4 rings (SSSR count). The molecule has 1 heterocycles. The van der Waals surface area contributed by atoms with Gasteiger partial charge in [0.05, 0.1) is 11.8 Å². The number of alkyl halides is 3. The van der Waals surface area contributed by atoms with Crippen LogP contribution in [0.4, 0.5) is 13.2 Å². The van der Waals surface area contributed by atoms with Crippen molar-refractivity contribution in [3.63, 3.8) is 0 Å². The van der Waals surface area contributed by atoms with Crippen LogP contribution in [0.1, 0.15) is 44.9 Å². The van der Waals surface area contributed by atoms with Crippen molar-refractivity contribution in [1.29, 1.82) is 0 Å². The molecule has 0 unspecified atom stereocenters. The molecule has 4 fully saturated rings. The van der Waals surface area contributed by atoms with E-state index < -0.39 is 23.9 Å². The number of carbonyl (C=O) groups excluding carboxylic acids is 1. The molecule has 1 saturated heterocycles. The molecule has 0 radical (unpaired) electrons. The van der Waals surface area contributed by atoms with Crippen molar-refractivity contribution in [3.8, 4) is 0 Å². The lowest BCUT2D eigenvalue weighted by molar-refractivity contribution is -0.230. The van der Waals surface area contributed by atoms with Gasteiger partial charge in [-0.1, -0.05) is 6.42 Å². The fraction of sp³-hybridized carbons (Fsp3) is 0.933. The first-order valence-corrected chi connectivity index (χ1v) is 8.09. The highest BCUT2D eigenvalue weighted by Gasteiger charge is 2.58. The number of hydrogen-bond acceptors (Lipinski definition) is 2. The number of rotatable bonds is 2. The van der Waals surface area contributed by atoms with Gasteiger partial charge >= 0.3 is 6.18 Å². The average molecular weight is 304 g/mol. The second-order valence-electron chi connectivity index (χ2n) is 6.79. The third-order valence-electron chi connectivity index (χ3n) is 5.52. The van der Waals surface area contributed by atoms with E-state index in [1.807, 2.05) is 5.01 Å². The minimum atomic E-state index is -4.26. The molecule has 1 N–H and O–H groups in total. The fourth-order valence-electron chi connectivity index (χ4n) is 4.53. The first kappa shape index (κ1) is 15.1. The minimum absolute atomic E-state index is 0.0913. The zero-order chi connectivity index (χ0) is 15.0. The van der Waals surface area contributed by atoms with Crippen molar-refractivity contribution < 1.29 is 18.0 Å². The lowest BCUT2D eigenvalue weighted by Gasteiger charge is -2.48. The van der Waals surface area contributed by atoms with Crippen molar-refractivity contribution in [2.45, 2.75) is 51.1 Å². The van der Waals surface area contributed by atoms with E-state index in [2.05, 4.69) is 5.43 Å². The quantitative estimate of drug-likeness (QED) is 0.850. The Balaban J connectivity index is 1.72. The molecule has 0 aromatic heterocycles. The molecular formula is C15H23F3N2O. The van der Waals surface area contributed by atoms with E-state index in [-0.39, 0.29) is 11.8 Å². The number of nitrogens with one attached hydrogen (secondary N) is 1. The van der Waals surface area contributed by atoms with Crippen LogP contribution in [0.2, 0.25) is 0 Å². The molecule has 120 valence electrons. The van der Waals surface area contributed by atoms with Crippen LogP contribution in [0.3, 0.4) is 0 Å². The molecule has 1 aliphatic heterocycles. The van der Waals surface area contributed by atoms with Gasteiger partial charge < -0.3 is 0 Å². The summed E-state index contributed by atoms with van der Waals surface area (Å²) in [5, 5.41) is 1.81. The van der Waals surface area contributed by atoms with E-state index in [1.165, 1.54) is 0 Å². The lowest BCUT2D eigenvalue weighted by Crippen LogP contribution is -2.56. The number of fused-ring (bicyclic) bond motifs is 3. The predicted molar refractivity (Wildman–Crippen MR) is 72.0 cm³/mol. The van der Waals surface area contributed by atoms with Crippen molar-refractivity contribution in [2.75, 3.05) is 13.1 Å². The Morgan fingerprint density at radius 3 is 2.10 bits per heavy atom. The maximum atomic E-state index is 13.4. The summed E-state index contributed by atoms with van der Waals surface area (Å²) in [6.45, 7) is 1.51. The molecular weight excluding hydrogens is 281 g/mol. The van der Waals surface area contributed by atoms with Gasteiger partial charge in [0.1, 0.15) is 0 Å². The summed E-state index contributed by atoms with van der Waals surface area (Å²) in [4.78, 5) is 12.5. The van der Waals surface area contributed by atoms with Crippen LogP contribution in [-0.4, -0.2) is 30.2 Å². The first-order valence-electron chi connectivity index (χ1n) is 8.09. The number of halogens is 3. The summed E-state index contributed by atoms with van der Waals surface area (Å²) in [5.74, 6) is -3.15. The third-order valence-corrected chi connectivity index (χ3v) is 5.52. The number of hydrogen-bond donors (Lipinski definition) is 1. The monoisotopic (exact) mass is 304 g/mol. The molecule has 3 nitrogen and oxygen atoms in total. The van der Waals surface area contributed by atoms with Gasteiger partial charge in [-0.2, -0.15) is 13.2 Å². The second-order valence-corrected chi connectivity index (χ2v) is 6.79. The maximum absolute atomic E-state index is 13.4. The molecule has 0 aromatic carbocycles. The highest BCUT2D eigenvalue weighted by molar-refractivity contribution is 5.79. The van der Waals surface area contributed by atoms with Gasteiger partial charge in [-0.25, -0.2) is 5.01 Å². The highest BCUT2D eigenvalue weighted by atomic mass is 19.4. The number of amides is 1. The van der Waals surface area contributed by atoms with Crippen LogP contribution >= 0.6 is 0 Å². The molecule has 3 saturated carbocycles. The van der Waals surface area contributed by atoms with E-state index in [4.69, 9.17) is 0 Å². The van der Waals surface area contributed by atoms with Gasteiger partial charge in [0.25, 0.3) is 0 Å². The van der Waals surface area contributed by atoms with Gasteiger partial charge in [-0.05, 0) is 50.4 Å². The van der Waals surface area contributed by atoms with Crippen molar-refractivity contribution in [3.05, 3.63) is 0 Å². The van der Waals surface area contributed by atoms with Gasteiger partial charge in [0.15, 0.2) is 0 Å². The Kier molecular flexibility index (Phi) is 4.17. The number of hydrazine groups is 1. The van der Waals surface area contributed by atoms with Crippen LogP contribution in [0.25, 0.3) is 0 Å². The van der Waals surface area contributed by atoms with Gasteiger partial charge in [-0.3, -0.25) is 10.2 Å². The molecule has 6 heteroatoms. The normalized spacial score (nSPS) is 37.5. The Hall–Kier alpha value is -0.780. The summed E-state index contributed by atoms with van der Waals surface area (Å²) in [6.07, 6.45) is 1.67. The van der Waals surface area contributed by atoms with Crippen molar-refractivity contribution in [1.82, 2.24) is 10.4 Å². The molecule has 21 heavy (non-hydrogen) atoms. The molecule has 1 amide bonds. The Morgan fingerprint density at radius 1 is 0.952 bits per heavy atom. The molecule has 0 spiro atoms. The van der Waals surface area contributed by atoms with E-state index in [1.54, 1.807) is 0 Å². The fourth-order valence-corrected chi connectivity index (χ4v) is 4.53. The van der Waals surface area contributed by atoms with Gasteiger partial charge in [0.2, 0.25) is 5.91 Å². The van der Waals surface area contributed by atoms with Crippen LogP contribution < -0.4 is 5.43 Å². The first-order chi connectivity index (χ1) is 9.97. The maximum Gasteiger partial charge on any atom is 0.392 e. The predicted octanol–water partition coefficient (Wildman–Crippen LogP) is 3.12. The largest absolute Gasteiger partial charge is 0.392 e. The highest BCUT2D eigenvalue weighted by Crippen LogP contribution is 2.54. The topological polar surface area (TPSA) is 32.3 Å². The Morgan fingerprint density at radius 2 is 1.52 bits per heavy atom. The van der Waals surface area contributed by atoms with Crippen LogP contribution in [-0.2, 0) is 4.79 Å². The van der Waals surface area contributed by atoms with E-state index >= 15 is 0 Å². The van der Waals surface area contributed by atoms with Crippen molar-refractivity contribution in [2.24, 2.45) is 23.7 Å². The Bertz CT molecular complexity index is 385. The summed E-state index contributed by atoms with van der Waals surface area (Å²) in [6, 6.07) is 0.